The van der Waals surface area contributed by atoms with Crippen molar-refractivity contribution in [3.63, 3.8) is 0 Å². The Balaban J connectivity index is 1.91. The molecule has 0 aliphatic rings. The van der Waals surface area contributed by atoms with Gasteiger partial charge in [-0.25, -0.2) is 0 Å². The van der Waals surface area contributed by atoms with E-state index in [0.29, 0.717) is 20.5 Å². The van der Waals surface area contributed by atoms with E-state index in [9.17, 15) is 4.79 Å². The molecule has 3 aromatic heterocycles. The van der Waals surface area contributed by atoms with Crippen LogP contribution in [0.15, 0.2) is 66.3 Å². The number of ketones is 1. The first-order chi connectivity index (χ1) is 12.6. The predicted octanol–water partition coefficient (Wildman–Crippen LogP) is 7.08. The Morgan fingerprint density at radius 2 is 1.81 bits per heavy atom. The Labute approximate surface area is 168 Å². The van der Waals surface area contributed by atoms with Crippen molar-refractivity contribution in [2.75, 3.05) is 0 Å². The van der Waals surface area contributed by atoms with E-state index in [2.05, 4.69) is 4.98 Å². The number of carbonyl (C=O) groups excluding carboxylic acids is 1. The van der Waals surface area contributed by atoms with Crippen LogP contribution in [0.1, 0.15) is 15.9 Å². The molecule has 1 aromatic carbocycles. The first-order valence-corrected chi connectivity index (χ1v) is 10.2. The van der Waals surface area contributed by atoms with Gasteiger partial charge in [0.2, 0.25) is 0 Å². The molecule has 0 unspecified atom stereocenters. The number of benzene rings is 1. The fraction of sp³-hybridized carbons (Fsp3) is 0. The highest BCUT2D eigenvalue weighted by Crippen LogP contribution is 2.43. The first kappa shape index (κ1) is 17.4. The SMILES string of the molecule is O=C(c1cccnc1)c1c(-c2ccc(Cl)cc2)csc1-c1ccc(Cl)s1. The number of pyridine rings is 1. The van der Waals surface area contributed by atoms with E-state index in [1.54, 1.807) is 35.9 Å². The predicted molar refractivity (Wildman–Crippen MR) is 111 cm³/mol. The maximum absolute atomic E-state index is 13.3. The van der Waals surface area contributed by atoms with Crippen LogP contribution in [0.2, 0.25) is 9.36 Å². The van der Waals surface area contributed by atoms with Crippen molar-refractivity contribution in [2.24, 2.45) is 0 Å². The summed E-state index contributed by atoms with van der Waals surface area (Å²) in [6.45, 7) is 0. The molecule has 0 N–H and O–H groups in total. The van der Waals surface area contributed by atoms with Crippen LogP contribution in [-0.2, 0) is 0 Å². The number of nitrogens with zero attached hydrogens (tertiary/aromatic N) is 1. The molecule has 6 heteroatoms. The van der Waals surface area contributed by atoms with Gasteiger partial charge in [0.15, 0.2) is 5.78 Å². The number of thiophene rings is 2. The Morgan fingerprint density at radius 3 is 2.46 bits per heavy atom. The van der Waals surface area contributed by atoms with Gasteiger partial charge in [0.1, 0.15) is 0 Å². The summed E-state index contributed by atoms with van der Waals surface area (Å²) in [5, 5.41) is 2.67. The van der Waals surface area contributed by atoms with Crippen LogP contribution in [0, 0.1) is 0 Å². The molecule has 0 aliphatic carbocycles. The van der Waals surface area contributed by atoms with Crippen molar-refractivity contribution in [3.8, 4) is 20.9 Å². The second-order valence-corrected chi connectivity index (χ2v) is 8.57. The highest BCUT2D eigenvalue weighted by Gasteiger charge is 2.23. The summed E-state index contributed by atoms with van der Waals surface area (Å²) < 4.78 is 0.696. The van der Waals surface area contributed by atoms with Crippen molar-refractivity contribution < 1.29 is 4.79 Å². The van der Waals surface area contributed by atoms with Crippen LogP contribution in [0.3, 0.4) is 0 Å². The van der Waals surface area contributed by atoms with Crippen LogP contribution in [0.4, 0.5) is 0 Å². The number of hydrogen-bond donors (Lipinski definition) is 0. The van der Waals surface area contributed by atoms with Crippen molar-refractivity contribution in [1.82, 2.24) is 4.98 Å². The van der Waals surface area contributed by atoms with E-state index in [-0.39, 0.29) is 5.78 Å². The van der Waals surface area contributed by atoms with Gasteiger partial charge in [-0.1, -0.05) is 35.3 Å². The maximum Gasteiger partial charge on any atom is 0.196 e. The summed E-state index contributed by atoms with van der Waals surface area (Å²) in [6, 6.07) is 14.9. The molecule has 0 saturated heterocycles. The summed E-state index contributed by atoms with van der Waals surface area (Å²) in [5.74, 6) is -0.0520. The number of halogens is 2. The zero-order valence-corrected chi connectivity index (χ0v) is 16.4. The van der Waals surface area contributed by atoms with Gasteiger partial charge in [-0.3, -0.25) is 9.78 Å². The fourth-order valence-electron chi connectivity index (χ4n) is 2.68. The van der Waals surface area contributed by atoms with E-state index in [1.165, 1.54) is 11.3 Å². The lowest BCUT2D eigenvalue weighted by Gasteiger charge is -2.07. The minimum atomic E-state index is -0.0520. The van der Waals surface area contributed by atoms with E-state index >= 15 is 0 Å². The number of aromatic nitrogens is 1. The Morgan fingerprint density at radius 1 is 1.00 bits per heavy atom. The van der Waals surface area contributed by atoms with Gasteiger partial charge in [0, 0.05) is 39.0 Å². The van der Waals surface area contributed by atoms with Crippen LogP contribution in [0.25, 0.3) is 20.9 Å². The zero-order valence-electron chi connectivity index (χ0n) is 13.3. The van der Waals surface area contributed by atoms with E-state index in [4.69, 9.17) is 23.2 Å². The third kappa shape index (κ3) is 3.33. The summed E-state index contributed by atoms with van der Waals surface area (Å²) in [6.07, 6.45) is 3.25. The third-order valence-corrected chi connectivity index (χ3v) is 6.54. The molecular weight excluding hydrogens is 405 g/mol. The molecule has 4 rings (SSSR count). The molecular formula is C20H11Cl2NOS2. The van der Waals surface area contributed by atoms with Crippen molar-refractivity contribution in [3.05, 3.63) is 86.8 Å². The number of hydrogen-bond acceptors (Lipinski definition) is 4. The van der Waals surface area contributed by atoms with Crippen LogP contribution >= 0.6 is 45.9 Å². The van der Waals surface area contributed by atoms with E-state index in [1.807, 2.05) is 41.8 Å². The molecule has 0 aliphatic heterocycles. The van der Waals surface area contributed by atoms with Gasteiger partial charge in [-0.15, -0.1) is 22.7 Å². The quantitative estimate of drug-likeness (QED) is 0.333. The van der Waals surface area contributed by atoms with Crippen LogP contribution in [-0.4, -0.2) is 10.8 Å². The highest BCUT2D eigenvalue weighted by molar-refractivity contribution is 7.24. The lowest BCUT2D eigenvalue weighted by atomic mass is 9.96. The largest absolute Gasteiger partial charge is 0.288 e. The summed E-state index contributed by atoms with van der Waals surface area (Å²) in [7, 11) is 0. The average molecular weight is 416 g/mol. The van der Waals surface area contributed by atoms with Crippen molar-refractivity contribution >= 4 is 51.7 Å². The smallest absolute Gasteiger partial charge is 0.196 e. The molecule has 4 aromatic rings. The Hall–Kier alpha value is -1.98. The molecule has 2 nitrogen and oxygen atoms in total. The van der Waals surface area contributed by atoms with Gasteiger partial charge in [0.25, 0.3) is 0 Å². The van der Waals surface area contributed by atoms with Crippen LogP contribution in [0.5, 0.6) is 0 Å². The topological polar surface area (TPSA) is 30.0 Å². The molecule has 26 heavy (non-hydrogen) atoms. The molecule has 0 fully saturated rings. The van der Waals surface area contributed by atoms with Crippen molar-refractivity contribution in [2.45, 2.75) is 0 Å². The van der Waals surface area contributed by atoms with Gasteiger partial charge in [-0.05, 0) is 47.3 Å². The monoisotopic (exact) mass is 415 g/mol. The minimum absolute atomic E-state index is 0.0520. The van der Waals surface area contributed by atoms with Gasteiger partial charge >= 0.3 is 0 Å². The average Bonchev–Trinajstić information content (AvgIpc) is 3.28. The highest BCUT2D eigenvalue weighted by atomic mass is 35.5. The molecule has 128 valence electrons. The van der Waals surface area contributed by atoms with Crippen LogP contribution < -0.4 is 0 Å². The third-order valence-electron chi connectivity index (χ3n) is 3.89. The Bertz CT molecular complexity index is 1070. The van der Waals surface area contributed by atoms with Gasteiger partial charge in [0.05, 0.1) is 9.21 Å². The molecule has 0 amide bonds. The molecule has 0 saturated carbocycles. The molecule has 0 bridgehead atoms. The van der Waals surface area contributed by atoms with Gasteiger partial charge < -0.3 is 0 Å². The number of carbonyl (C=O) groups is 1. The first-order valence-electron chi connectivity index (χ1n) is 7.71. The molecule has 0 spiro atoms. The molecule has 3 heterocycles. The molecule has 0 radical (unpaired) electrons. The minimum Gasteiger partial charge on any atom is -0.288 e. The normalized spacial score (nSPS) is 10.8. The Kier molecular flexibility index (Phi) is 4.92. The lowest BCUT2D eigenvalue weighted by molar-refractivity contribution is 0.104. The second-order valence-electron chi connectivity index (χ2n) is 5.53. The standard InChI is InChI=1S/C20H11Cl2NOS2/c21-14-5-3-12(4-6-14)15-11-25-20(16-7-8-17(22)26-16)18(15)19(24)13-2-1-9-23-10-13/h1-11H. The maximum atomic E-state index is 13.3. The molecule has 0 atom stereocenters. The van der Waals surface area contributed by atoms with E-state index in [0.717, 1.165) is 20.9 Å². The lowest BCUT2D eigenvalue weighted by Crippen LogP contribution is -2.03. The summed E-state index contributed by atoms with van der Waals surface area (Å²) in [4.78, 5) is 19.3. The second kappa shape index (κ2) is 7.33. The number of rotatable bonds is 4. The zero-order chi connectivity index (χ0) is 18.1. The van der Waals surface area contributed by atoms with E-state index < -0.39 is 0 Å². The van der Waals surface area contributed by atoms with Crippen molar-refractivity contribution in [1.29, 1.82) is 0 Å². The summed E-state index contributed by atoms with van der Waals surface area (Å²) >= 11 is 15.1. The van der Waals surface area contributed by atoms with Gasteiger partial charge in [-0.2, -0.15) is 0 Å². The summed E-state index contributed by atoms with van der Waals surface area (Å²) in [5.41, 5.74) is 3.07. The fourth-order valence-corrected chi connectivity index (χ4v) is 5.06.